The third-order valence-electron chi connectivity index (χ3n) is 4.16. The van der Waals surface area contributed by atoms with Gasteiger partial charge in [-0.15, -0.1) is 0 Å². The summed E-state index contributed by atoms with van der Waals surface area (Å²) in [5.41, 5.74) is 2.60. The van der Waals surface area contributed by atoms with Gasteiger partial charge in [-0.25, -0.2) is 0 Å². The third-order valence-corrected chi connectivity index (χ3v) is 4.16. The van der Waals surface area contributed by atoms with Crippen LogP contribution in [0.5, 0.6) is 11.5 Å². The van der Waals surface area contributed by atoms with Gasteiger partial charge < -0.3 is 10.2 Å². The second kappa shape index (κ2) is 4.96. The van der Waals surface area contributed by atoms with Crippen LogP contribution in [0.3, 0.4) is 0 Å². The first kappa shape index (κ1) is 12.1. The van der Waals surface area contributed by atoms with Gasteiger partial charge in [0.25, 0.3) is 0 Å². The van der Waals surface area contributed by atoms with E-state index < -0.39 is 0 Å². The van der Waals surface area contributed by atoms with Gasteiger partial charge in [-0.1, -0.05) is 30.7 Å². The van der Waals surface area contributed by atoms with Gasteiger partial charge in [0.05, 0.1) is 0 Å². The molecule has 3 rings (SSSR count). The van der Waals surface area contributed by atoms with Crippen molar-refractivity contribution in [2.75, 3.05) is 0 Å². The number of hydrogen-bond donors (Lipinski definition) is 2. The molecule has 0 spiro atoms. The van der Waals surface area contributed by atoms with Crippen LogP contribution in [0.15, 0.2) is 48.5 Å². The molecule has 2 aromatic carbocycles. The van der Waals surface area contributed by atoms with E-state index in [4.69, 9.17) is 0 Å². The van der Waals surface area contributed by atoms with Crippen molar-refractivity contribution >= 4 is 0 Å². The molecule has 1 aliphatic rings. The Labute approximate surface area is 113 Å². The molecule has 0 radical (unpaired) electrons. The normalized spacial score (nSPS) is 22.5. The Balaban J connectivity index is 1.89. The molecule has 0 aliphatic heterocycles. The van der Waals surface area contributed by atoms with Crippen LogP contribution in [0, 0.1) is 0 Å². The zero-order valence-corrected chi connectivity index (χ0v) is 10.8. The molecular formula is C17H18O2. The predicted octanol–water partition coefficient (Wildman–Crippen LogP) is 4.15. The number of hydrogen-bond acceptors (Lipinski definition) is 2. The van der Waals surface area contributed by atoms with Crippen molar-refractivity contribution < 1.29 is 10.2 Å². The fourth-order valence-corrected chi connectivity index (χ4v) is 3.20. The summed E-state index contributed by atoms with van der Waals surface area (Å²) in [5, 5.41) is 18.8. The molecule has 2 N–H and O–H groups in total. The summed E-state index contributed by atoms with van der Waals surface area (Å²) >= 11 is 0. The first-order valence-corrected chi connectivity index (χ1v) is 6.82. The summed E-state index contributed by atoms with van der Waals surface area (Å²) in [6.07, 6.45) is 3.61. The van der Waals surface area contributed by atoms with E-state index in [-0.39, 0.29) is 0 Å². The quantitative estimate of drug-likeness (QED) is 0.845. The van der Waals surface area contributed by atoms with Crippen LogP contribution in [-0.2, 0) is 0 Å². The van der Waals surface area contributed by atoms with Crippen LogP contribution in [-0.4, -0.2) is 10.2 Å². The van der Waals surface area contributed by atoms with Crippen LogP contribution in [0.4, 0.5) is 0 Å². The van der Waals surface area contributed by atoms with E-state index in [0.29, 0.717) is 23.3 Å². The highest BCUT2D eigenvalue weighted by Gasteiger charge is 2.29. The molecular weight excluding hydrogens is 236 g/mol. The van der Waals surface area contributed by atoms with Crippen molar-refractivity contribution in [2.24, 2.45) is 0 Å². The monoisotopic (exact) mass is 254 g/mol. The lowest BCUT2D eigenvalue weighted by atomic mass is 9.84. The molecule has 98 valence electrons. The third kappa shape index (κ3) is 2.43. The molecule has 1 aliphatic carbocycles. The van der Waals surface area contributed by atoms with Crippen LogP contribution in [0.2, 0.25) is 0 Å². The molecule has 2 aromatic rings. The molecule has 0 saturated heterocycles. The highest BCUT2D eigenvalue weighted by molar-refractivity contribution is 5.35. The molecule has 2 nitrogen and oxygen atoms in total. The zero-order valence-electron chi connectivity index (χ0n) is 10.8. The first-order chi connectivity index (χ1) is 9.24. The molecule has 0 bridgehead atoms. The van der Waals surface area contributed by atoms with Gasteiger partial charge in [-0.3, -0.25) is 0 Å². The molecule has 2 heteroatoms. The van der Waals surface area contributed by atoms with E-state index in [2.05, 4.69) is 0 Å². The SMILES string of the molecule is Oc1ccc(C2CCCC2c2ccc(O)cc2)cc1. The van der Waals surface area contributed by atoms with Gasteiger partial charge in [-0.05, 0) is 60.1 Å². The lowest BCUT2D eigenvalue weighted by molar-refractivity contribution is 0.473. The summed E-state index contributed by atoms with van der Waals surface area (Å²) in [7, 11) is 0. The van der Waals surface area contributed by atoms with Crippen molar-refractivity contribution in [3.8, 4) is 11.5 Å². The van der Waals surface area contributed by atoms with Crippen LogP contribution >= 0.6 is 0 Å². The van der Waals surface area contributed by atoms with Gasteiger partial charge in [0, 0.05) is 0 Å². The van der Waals surface area contributed by atoms with Crippen molar-refractivity contribution in [1.82, 2.24) is 0 Å². The summed E-state index contributed by atoms with van der Waals surface area (Å²) in [6.45, 7) is 0. The molecule has 1 fully saturated rings. The van der Waals surface area contributed by atoms with E-state index in [0.717, 1.165) is 0 Å². The second-order valence-electron chi connectivity index (χ2n) is 5.33. The molecule has 0 aromatic heterocycles. The van der Waals surface area contributed by atoms with E-state index in [1.54, 1.807) is 24.3 Å². The first-order valence-electron chi connectivity index (χ1n) is 6.82. The maximum Gasteiger partial charge on any atom is 0.115 e. The number of benzene rings is 2. The Hall–Kier alpha value is -1.96. The molecule has 1 saturated carbocycles. The molecule has 0 heterocycles. The molecule has 2 unspecified atom stereocenters. The second-order valence-corrected chi connectivity index (χ2v) is 5.33. The minimum absolute atomic E-state index is 0.322. The average molecular weight is 254 g/mol. The minimum Gasteiger partial charge on any atom is -0.508 e. The van der Waals surface area contributed by atoms with Crippen molar-refractivity contribution in [2.45, 2.75) is 31.1 Å². The Kier molecular flexibility index (Phi) is 3.16. The number of phenols is 2. The standard InChI is InChI=1S/C17H18O2/c18-14-8-4-12(5-9-14)16-2-1-3-17(16)13-6-10-15(19)11-7-13/h4-11,16-19H,1-3H2. The Morgan fingerprint density at radius 3 is 1.37 bits per heavy atom. The number of rotatable bonds is 2. The zero-order chi connectivity index (χ0) is 13.2. The smallest absolute Gasteiger partial charge is 0.115 e. The summed E-state index contributed by atoms with van der Waals surface area (Å²) < 4.78 is 0. The van der Waals surface area contributed by atoms with Crippen molar-refractivity contribution in [1.29, 1.82) is 0 Å². The van der Waals surface area contributed by atoms with E-state index in [1.165, 1.54) is 30.4 Å². The fraction of sp³-hybridized carbons (Fsp3) is 0.294. The van der Waals surface area contributed by atoms with Crippen molar-refractivity contribution in [3.05, 3.63) is 59.7 Å². The predicted molar refractivity (Wildman–Crippen MR) is 75.5 cm³/mol. The van der Waals surface area contributed by atoms with E-state index in [1.807, 2.05) is 24.3 Å². The highest BCUT2D eigenvalue weighted by atomic mass is 16.3. The summed E-state index contributed by atoms with van der Waals surface area (Å²) in [6, 6.07) is 15.2. The van der Waals surface area contributed by atoms with Gasteiger partial charge in [0.15, 0.2) is 0 Å². The Bertz CT molecular complexity index is 491. The lowest BCUT2D eigenvalue weighted by Gasteiger charge is -2.20. The van der Waals surface area contributed by atoms with Crippen LogP contribution < -0.4 is 0 Å². The number of phenolic OH excluding ortho intramolecular Hbond substituents is 2. The van der Waals surface area contributed by atoms with Crippen molar-refractivity contribution in [3.63, 3.8) is 0 Å². The average Bonchev–Trinajstić information content (AvgIpc) is 2.90. The van der Waals surface area contributed by atoms with E-state index >= 15 is 0 Å². The Morgan fingerprint density at radius 1 is 0.632 bits per heavy atom. The van der Waals surface area contributed by atoms with E-state index in [9.17, 15) is 10.2 Å². The van der Waals surface area contributed by atoms with Gasteiger partial charge in [-0.2, -0.15) is 0 Å². The summed E-state index contributed by atoms with van der Waals surface area (Å²) in [4.78, 5) is 0. The fourth-order valence-electron chi connectivity index (χ4n) is 3.20. The largest absolute Gasteiger partial charge is 0.508 e. The molecule has 2 atom stereocenters. The molecule has 0 amide bonds. The van der Waals surface area contributed by atoms with Gasteiger partial charge >= 0.3 is 0 Å². The maximum atomic E-state index is 9.39. The topological polar surface area (TPSA) is 40.5 Å². The van der Waals surface area contributed by atoms with Crippen LogP contribution in [0.25, 0.3) is 0 Å². The Morgan fingerprint density at radius 2 is 1.00 bits per heavy atom. The maximum absolute atomic E-state index is 9.39. The van der Waals surface area contributed by atoms with Gasteiger partial charge in [0.2, 0.25) is 0 Å². The highest BCUT2D eigenvalue weighted by Crippen LogP contribution is 2.46. The van der Waals surface area contributed by atoms with Gasteiger partial charge in [0.1, 0.15) is 11.5 Å². The minimum atomic E-state index is 0.322. The lowest BCUT2D eigenvalue weighted by Crippen LogP contribution is -2.04. The molecule has 19 heavy (non-hydrogen) atoms. The number of aromatic hydroxyl groups is 2. The summed E-state index contributed by atoms with van der Waals surface area (Å²) in [5.74, 6) is 1.68. The van der Waals surface area contributed by atoms with Crippen LogP contribution in [0.1, 0.15) is 42.2 Å².